The molecule has 0 N–H and O–H groups in total. The third-order valence-electron chi connectivity index (χ3n) is 6.48. The van der Waals surface area contributed by atoms with Crippen LogP contribution in [0.15, 0.2) is 60.7 Å². The van der Waals surface area contributed by atoms with E-state index in [0.717, 1.165) is 25.7 Å². The SMILES string of the molecule is COc1ccc(-c2ccc(C3CCC(/C=C/c4ccc(OC)cc4F)CC3)c(F)c2F)cc1. The summed E-state index contributed by atoms with van der Waals surface area (Å²) in [6.45, 7) is 0. The van der Waals surface area contributed by atoms with Gasteiger partial charge in [0.25, 0.3) is 0 Å². The molecule has 2 nitrogen and oxygen atoms in total. The van der Waals surface area contributed by atoms with Gasteiger partial charge in [0.1, 0.15) is 17.3 Å². The van der Waals surface area contributed by atoms with Crippen LogP contribution in [-0.4, -0.2) is 14.2 Å². The smallest absolute Gasteiger partial charge is 0.166 e. The quantitative estimate of drug-likeness (QED) is 0.380. The number of allylic oxidation sites excluding steroid dienone is 1. The van der Waals surface area contributed by atoms with Crippen LogP contribution in [0.4, 0.5) is 13.2 Å². The molecule has 0 heterocycles. The summed E-state index contributed by atoms with van der Waals surface area (Å²) in [4.78, 5) is 0. The van der Waals surface area contributed by atoms with Crippen LogP contribution < -0.4 is 9.47 Å². The van der Waals surface area contributed by atoms with Gasteiger partial charge in [-0.15, -0.1) is 0 Å². The summed E-state index contributed by atoms with van der Waals surface area (Å²) < 4.78 is 54.2. The first-order chi connectivity index (χ1) is 16.0. The van der Waals surface area contributed by atoms with Crippen LogP contribution >= 0.6 is 0 Å². The van der Waals surface area contributed by atoms with Crippen LogP contribution in [0.2, 0.25) is 0 Å². The molecule has 1 aliphatic carbocycles. The highest BCUT2D eigenvalue weighted by molar-refractivity contribution is 5.65. The molecule has 4 rings (SSSR count). The molecule has 0 spiro atoms. The average molecular weight is 453 g/mol. The van der Waals surface area contributed by atoms with E-state index in [4.69, 9.17) is 9.47 Å². The zero-order chi connectivity index (χ0) is 23.4. The molecule has 172 valence electrons. The Balaban J connectivity index is 1.42. The summed E-state index contributed by atoms with van der Waals surface area (Å²) in [5.74, 6) is -0.485. The molecule has 0 saturated heterocycles. The zero-order valence-corrected chi connectivity index (χ0v) is 18.8. The number of hydrogen-bond acceptors (Lipinski definition) is 2. The van der Waals surface area contributed by atoms with E-state index in [0.29, 0.717) is 28.2 Å². The molecule has 0 atom stereocenters. The van der Waals surface area contributed by atoms with Crippen molar-refractivity contribution >= 4 is 6.08 Å². The molecule has 0 aliphatic heterocycles. The number of hydrogen-bond donors (Lipinski definition) is 0. The van der Waals surface area contributed by atoms with Gasteiger partial charge in [0, 0.05) is 17.2 Å². The van der Waals surface area contributed by atoms with Gasteiger partial charge < -0.3 is 9.47 Å². The fourth-order valence-corrected chi connectivity index (χ4v) is 4.51. The van der Waals surface area contributed by atoms with Crippen molar-refractivity contribution in [1.82, 2.24) is 0 Å². The molecule has 0 aromatic heterocycles. The van der Waals surface area contributed by atoms with E-state index >= 15 is 0 Å². The summed E-state index contributed by atoms with van der Waals surface area (Å²) in [5.41, 5.74) is 1.81. The highest BCUT2D eigenvalue weighted by atomic mass is 19.2. The second-order valence-corrected chi connectivity index (χ2v) is 8.42. The molecular formula is C28H27F3O2. The third kappa shape index (κ3) is 5.08. The fourth-order valence-electron chi connectivity index (χ4n) is 4.51. The third-order valence-corrected chi connectivity index (χ3v) is 6.48. The van der Waals surface area contributed by atoms with E-state index in [1.165, 1.54) is 13.2 Å². The topological polar surface area (TPSA) is 18.5 Å². The Morgan fingerprint density at radius 3 is 2.06 bits per heavy atom. The molecule has 3 aromatic rings. The number of ether oxygens (including phenoxy) is 2. The first-order valence-corrected chi connectivity index (χ1v) is 11.1. The Labute approximate surface area is 192 Å². The van der Waals surface area contributed by atoms with Crippen molar-refractivity contribution in [3.8, 4) is 22.6 Å². The Hall–Kier alpha value is -3.21. The van der Waals surface area contributed by atoms with Gasteiger partial charge in [-0.05, 0) is 72.9 Å². The van der Waals surface area contributed by atoms with Crippen molar-refractivity contribution in [2.45, 2.75) is 31.6 Å². The monoisotopic (exact) mass is 452 g/mol. The minimum atomic E-state index is -0.810. The fraction of sp³-hybridized carbons (Fsp3) is 0.286. The molecule has 5 heteroatoms. The van der Waals surface area contributed by atoms with Gasteiger partial charge in [0.15, 0.2) is 11.6 Å². The molecule has 0 radical (unpaired) electrons. The van der Waals surface area contributed by atoms with Crippen molar-refractivity contribution in [2.75, 3.05) is 14.2 Å². The summed E-state index contributed by atoms with van der Waals surface area (Å²) in [7, 11) is 3.07. The number of halogens is 3. The summed E-state index contributed by atoms with van der Waals surface area (Å²) in [6, 6.07) is 15.1. The Morgan fingerprint density at radius 2 is 1.42 bits per heavy atom. The molecule has 0 amide bonds. The molecule has 0 bridgehead atoms. The largest absolute Gasteiger partial charge is 0.497 e. The van der Waals surface area contributed by atoms with Gasteiger partial charge in [0.05, 0.1) is 14.2 Å². The van der Waals surface area contributed by atoms with Crippen LogP contribution in [0.3, 0.4) is 0 Å². The minimum absolute atomic E-state index is 0.0215. The molecule has 0 unspecified atom stereocenters. The van der Waals surface area contributed by atoms with Gasteiger partial charge in [-0.1, -0.05) is 36.4 Å². The van der Waals surface area contributed by atoms with Crippen molar-refractivity contribution in [3.05, 3.63) is 89.3 Å². The molecule has 3 aromatic carbocycles. The van der Waals surface area contributed by atoms with Crippen molar-refractivity contribution < 1.29 is 22.6 Å². The normalized spacial score (nSPS) is 18.5. The molecule has 1 saturated carbocycles. The van der Waals surface area contributed by atoms with E-state index in [1.54, 1.807) is 61.7 Å². The Bertz CT molecular complexity index is 1130. The average Bonchev–Trinajstić information content (AvgIpc) is 2.85. The van der Waals surface area contributed by atoms with E-state index in [1.807, 2.05) is 6.08 Å². The van der Waals surface area contributed by atoms with Crippen LogP contribution in [0.5, 0.6) is 11.5 Å². The second kappa shape index (κ2) is 10.2. The minimum Gasteiger partial charge on any atom is -0.497 e. The predicted molar refractivity (Wildman–Crippen MR) is 125 cm³/mol. The lowest BCUT2D eigenvalue weighted by atomic mass is 9.78. The van der Waals surface area contributed by atoms with E-state index in [-0.39, 0.29) is 23.2 Å². The van der Waals surface area contributed by atoms with E-state index in [9.17, 15) is 13.2 Å². The highest BCUT2D eigenvalue weighted by Crippen LogP contribution is 2.39. The van der Waals surface area contributed by atoms with Gasteiger partial charge in [-0.3, -0.25) is 0 Å². The molecule has 1 fully saturated rings. The van der Waals surface area contributed by atoms with Gasteiger partial charge in [-0.2, -0.15) is 0 Å². The lowest BCUT2D eigenvalue weighted by molar-refractivity contribution is 0.365. The lowest BCUT2D eigenvalue weighted by Crippen LogP contribution is -2.13. The zero-order valence-electron chi connectivity index (χ0n) is 18.8. The van der Waals surface area contributed by atoms with Crippen molar-refractivity contribution in [1.29, 1.82) is 0 Å². The Morgan fingerprint density at radius 1 is 0.758 bits per heavy atom. The molecule has 1 aliphatic rings. The summed E-state index contributed by atoms with van der Waals surface area (Å²) in [6.07, 6.45) is 7.03. The molecular weight excluding hydrogens is 425 g/mol. The standard InChI is InChI=1S/C28H27F3O2/c1-32-22-12-9-20(10-13-22)25-16-15-24(27(30)28(25)31)19-6-3-18(4-7-19)5-8-21-11-14-23(33-2)17-26(21)29/h5,8-19H,3-4,6-7H2,1-2H3/b8-5+. The van der Waals surface area contributed by atoms with Crippen LogP contribution in [-0.2, 0) is 0 Å². The Kier molecular flexibility index (Phi) is 7.07. The summed E-state index contributed by atoms with van der Waals surface area (Å²) >= 11 is 0. The van der Waals surface area contributed by atoms with Crippen molar-refractivity contribution in [2.24, 2.45) is 5.92 Å². The van der Waals surface area contributed by atoms with Gasteiger partial charge in [-0.25, -0.2) is 13.2 Å². The lowest BCUT2D eigenvalue weighted by Gasteiger charge is -2.27. The number of methoxy groups -OCH3 is 2. The van der Waals surface area contributed by atoms with E-state index in [2.05, 4.69) is 0 Å². The maximum atomic E-state index is 15.0. The van der Waals surface area contributed by atoms with Gasteiger partial charge >= 0.3 is 0 Å². The van der Waals surface area contributed by atoms with Gasteiger partial charge in [0.2, 0.25) is 0 Å². The maximum Gasteiger partial charge on any atom is 0.166 e. The number of rotatable bonds is 6. The second-order valence-electron chi connectivity index (χ2n) is 8.42. The number of benzene rings is 3. The van der Waals surface area contributed by atoms with Crippen LogP contribution in [0.25, 0.3) is 17.2 Å². The van der Waals surface area contributed by atoms with E-state index < -0.39 is 11.6 Å². The molecule has 33 heavy (non-hydrogen) atoms. The maximum absolute atomic E-state index is 15.0. The predicted octanol–water partition coefficient (Wildman–Crippen LogP) is 7.78. The highest BCUT2D eigenvalue weighted by Gasteiger charge is 2.25. The van der Waals surface area contributed by atoms with Crippen LogP contribution in [0, 0.1) is 23.4 Å². The summed E-state index contributed by atoms with van der Waals surface area (Å²) in [5, 5.41) is 0. The first kappa shape index (κ1) is 23.0. The van der Waals surface area contributed by atoms with Crippen LogP contribution in [0.1, 0.15) is 42.7 Å². The van der Waals surface area contributed by atoms with Crippen molar-refractivity contribution in [3.63, 3.8) is 0 Å². The first-order valence-electron chi connectivity index (χ1n) is 11.1.